The van der Waals surface area contributed by atoms with E-state index in [4.69, 9.17) is 0 Å². The molecule has 0 bridgehead atoms. The molecule has 1 fully saturated rings. The molecule has 0 aromatic heterocycles. The molecule has 1 atom stereocenters. The summed E-state index contributed by atoms with van der Waals surface area (Å²) in [7, 11) is -2.05. The Bertz CT molecular complexity index is 925. The van der Waals surface area contributed by atoms with E-state index in [-0.39, 0.29) is 17.3 Å². The van der Waals surface area contributed by atoms with Gasteiger partial charge in [-0.3, -0.25) is 9.59 Å². The number of rotatable bonds is 3. The van der Waals surface area contributed by atoms with E-state index >= 15 is 0 Å². The molecular formula is C18H18N2O4S. The lowest BCUT2D eigenvalue weighted by atomic mass is 10.1. The van der Waals surface area contributed by atoms with E-state index in [2.05, 4.69) is 0 Å². The molecule has 25 heavy (non-hydrogen) atoms. The summed E-state index contributed by atoms with van der Waals surface area (Å²) in [5, 5.41) is 0. The van der Waals surface area contributed by atoms with Crippen LogP contribution >= 0.6 is 0 Å². The first kappa shape index (κ1) is 17.2. The number of hydrogen-bond donors (Lipinski definition) is 0. The Hall–Kier alpha value is -2.67. The van der Waals surface area contributed by atoms with Gasteiger partial charge in [0.25, 0.3) is 5.91 Å². The highest BCUT2D eigenvalue weighted by Gasteiger charge is 2.42. The van der Waals surface area contributed by atoms with Gasteiger partial charge in [-0.05, 0) is 30.3 Å². The summed E-state index contributed by atoms with van der Waals surface area (Å²) in [4.78, 5) is 26.4. The fourth-order valence-corrected chi connectivity index (χ4v) is 4.63. The largest absolute Gasteiger partial charge is 0.311 e. The van der Waals surface area contributed by atoms with Crippen LogP contribution in [0.3, 0.4) is 0 Å². The van der Waals surface area contributed by atoms with Crippen LogP contribution in [0.2, 0.25) is 0 Å². The molecule has 0 aliphatic carbocycles. The summed E-state index contributed by atoms with van der Waals surface area (Å²) < 4.78 is 25.3. The Morgan fingerprint density at radius 1 is 1.12 bits per heavy atom. The SMILES string of the molecule is C[C@@H]1CS(=O)(=O)N(c2cccc(C(=O)N(C)c3ccccc3)c2)C1=O. The first-order valence-corrected chi connectivity index (χ1v) is 9.42. The molecule has 1 saturated heterocycles. The standard InChI is InChI=1S/C18H18N2O4S/c1-13-12-25(23,24)20(17(13)21)16-10-6-7-14(11-16)18(22)19(2)15-8-4-3-5-9-15/h3-11,13H,12H2,1-2H3/t13-/m1/s1. The molecule has 0 N–H and O–H groups in total. The molecule has 0 unspecified atom stereocenters. The molecule has 6 nitrogen and oxygen atoms in total. The number of anilines is 2. The Morgan fingerprint density at radius 3 is 2.40 bits per heavy atom. The highest BCUT2D eigenvalue weighted by atomic mass is 32.2. The van der Waals surface area contributed by atoms with Crippen LogP contribution in [0.25, 0.3) is 0 Å². The van der Waals surface area contributed by atoms with Crippen molar-refractivity contribution >= 4 is 33.2 Å². The quantitative estimate of drug-likeness (QED) is 0.844. The first-order valence-electron chi connectivity index (χ1n) is 7.81. The molecule has 0 saturated carbocycles. The Balaban J connectivity index is 1.95. The minimum Gasteiger partial charge on any atom is -0.311 e. The maximum Gasteiger partial charge on any atom is 0.258 e. The number of amides is 2. The van der Waals surface area contributed by atoms with Gasteiger partial charge in [0, 0.05) is 18.3 Å². The van der Waals surface area contributed by atoms with Crippen molar-refractivity contribution in [2.45, 2.75) is 6.92 Å². The van der Waals surface area contributed by atoms with E-state index in [1.165, 1.54) is 17.0 Å². The number of carbonyl (C=O) groups excluding carboxylic acids is 2. The predicted molar refractivity (Wildman–Crippen MR) is 96.1 cm³/mol. The summed E-state index contributed by atoms with van der Waals surface area (Å²) in [5.41, 5.74) is 1.23. The first-order chi connectivity index (χ1) is 11.8. The smallest absolute Gasteiger partial charge is 0.258 e. The molecule has 1 aliphatic rings. The molecule has 1 heterocycles. The van der Waals surface area contributed by atoms with E-state index in [0.717, 1.165) is 9.99 Å². The number of hydrogen-bond acceptors (Lipinski definition) is 4. The van der Waals surface area contributed by atoms with E-state index < -0.39 is 21.8 Å². The lowest BCUT2D eigenvalue weighted by Gasteiger charge is -2.19. The van der Waals surface area contributed by atoms with Crippen molar-refractivity contribution in [1.29, 1.82) is 0 Å². The second kappa shape index (κ2) is 6.33. The van der Waals surface area contributed by atoms with E-state index in [1.54, 1.807) is 38.2 Å². The number of nitrogens with zero attached hydrogens (tertiary/aromatic N) is 2. The maximum atomic E-state index is 12.7. The summed E-state index contributed by atoms with van der Waals surface area (Å²) in [5.74, 6) is -1.56. The average molecular weight is 358 g/mol. The summed E-state index contributed by atoms with van der Waals surface area (Å²) in [6, 6.07) is 15.2. The number of sulfonamides is 1. The van der Waals surface area contributed by atoms with Crippen molar-refractivity contribution in [3.8, 4) is 0 Å². The van der Waals surface area contributed by atoms with Gasteiger partial charge in [0.2, 0.25) is 15.9 Å². The van der Waals surface area contributed by atoms with Crippen molar-refractivity contribution in [2.75, 3.05) is 22.0 Å². The van der Waals surface area contributed by atoms with Gasteiger partial charge in [-0.1, -0.05) is 31.2 Å². The van der Waals surface area contributed by atoms with Crippen LogP contribution in [0.5, 0.6) is 0 Å². The van der Waals surface area contributed by atoms with E-state index in [1.807, 2.05) is 18.2 Å². The maximum absolute atomic E-state index is 12.7. The molecule has 3 rings (SSSR count). The zero-order valence-corrected chi connectivity index (χ0v) is 14.7. The fraction of sp³-hybridized carbons (Fsp3) is 0.222. The van der Waals surface area contributed by atoms with E-state index in [0.29, 0.717) is 5.56 Å². The van der Waals surface area contributed by atoms with Crippen LogP contribution in [0.1, 0.15) is 17.3 Å². The molecule has 0 radical (unpaired) electrons. The van der Waals surface area contributed by atoms with Gasteiger partial charge in [0.15, 0.2) is 0 Å². The van der Waals surface area contributed by atoms with Crippen LogP contribution in [0, 0.1) is 5.92 Å². The number of benzene rings is 2. The Morgan fingerprint density at radius 2 is 1.80 bits per heavy atom. The molecule has 0 spiro atoms. The normalized spacial score (nSPS) is 19.0. The van der Waals surface area contributed by atoms with Crippen LogP contribution in [0.15, 0.2) is 54.6 Å². The Labute approximate surface area is 146 Å². The summed E-state index contributed by atoms with van der Waals surface area (Å²) in [6.07, 6.45) is 0. The lowest BCUT2D eigenvalue weighted by Crippen LogP contribution is -2.31. The van der Waals surface area contributed by atoms with Gasteiger partial charge in [0.05, 0.1) is 17.4 Å². The minimum absolute atomic E-state index is 0.196. The van der Waals surface area contributed by atoms with Crippen molar-refractivity contribution in [2.24, 2.45) is 5.92 Å². The summed E-state index contributed by atoms with van der Waals surface area (Å²) in [6.45, 7) is 1.58. The highest BCUT2D eigenvalue weighted by Crippen LogP contribution is 2.29. The molecular weight excluding hydrogens is 340 g/mol. The minimum atomic E-state index is -3.69. The average Bonchev–Trinajstić information content (AvgIpc) is 2.81. The topological polar surface area (TPSA) is 74.8 Å². The fourth-order valence-electron chi connectivity index (χ4n) is 2.81. The highest BCUT2D eigenvalue weighted by molar-refractivity contribution is 7.94. The second-order valence-corrected chi connectivity index (χ2v) is 7.89. The summed E-state index contributed by atoms with van der Waals surface area (Å²) >= 11 is 0. The Kier molecular flexibility index (Phi) is 4.34. The lowest BCUT2D eigenvalue weighted by molar-refractivity contribution is -0.119. The second-order valence-electron chi connectivity index (χ2n) is 6.03. The number of carbonyl (C=O) groups is 2. The van der Waals surface area contributed by atoms with Crippen molar-refractivity contribution in [1.82, 2.24) is 0 Å². The van der Waals surface area contributed by atoms with Crippen molar-refractivity contribution in [3.63, 3.8) is 0 Å². The van der Waals surface area contributed by atoms with Crippen molar-refractivity contribution in [3.05, 3.63) is 60.2 Å². The van der Waals surface area contributed by atoms with Gasteiger partial charge in [-0.2, -0.15) is 0 Å². The van der Waals surface area contributed by atoms with Crippen molar-refractivity contribution < 1.29 is 18.0 Å². The molecule has 2 aromatic carbocycles. The zero-order valence-electron chi connectivity index (χ0n) is 13.9. The third kappa shape index (κ3) is 3.15. The molecule has 2 aromatic rings. The van der Waals surface area contributed by atoms with Crippen LogP contribution in [0.4, 0.5) is 11.4 Å². The molecule has 1 aliphatic heterocycles. The number of para-hydroxylation sites is 1. The van der Waals surface area contributed by atoms with Crippen LogP contribution < -0.4 is 9.21 Å². The van der Waals surface area contributed by atoms with Gasteiger partial charge in [0.1, 0.15) is 0 Å². The predicted octanol–water partition coefficient (Wildman–Crippen LogP) is 2.28. The van der Waals surface area contributed by atoms with Crippen LogP contribution in [-0.2, 0) is 14.8 Å². The third-order valence-electron chi connectivity index (χ3n) is 4.14. The molecule has 7 heteroatoms. The van der Waals surface area contributed by atoms with Crippen LogP contribution in [-0.4, -0.2) is 33.0 Å². The monoisotopic (exact) mass is 358 g/mol. The zero-order chi connectivity index (χ0) is 18.2. The van der Waals surface area contributed by atoms with Gasteiger partial charge < -0.3 is 4.90 Å². The van der Waals surface area contributed by atoms with Gasteiger partial charge in [-0.25, -0.2) is 12.7 Å². The third-order valence-corrected chi connectivity index (χ3v) is 6.00. The molecule has 2 amide bonds. The van der Waals surface area contributed by atoms with Gasteiger partial charge >= 0.3 is 0 Å². The van der Waals surface area contributed by atoms with E-state index in [9.17, 15) is 18.0 Å². The van der Waals surface area contributed by atoms with Gasteiger partial charge in [-0.15, -0.1) is 0 Å². The molecule has 130 valence electrons.